The molecule has 5 nitrogen and oxygen atoms in total. The summed E-state index contributed by atoms with van der Waals surface area (Å²) in [6, 6.07) is 4.07. The maximum Gasteiger partial charge on any atom is 0.279 e. The third kappa shape index (κ3) is 4.75. The van der Waals surface area contributed by atoms with Gasteiger partial charge in [-0.1, -0.05) is 6.92 Å². The van der Waals surface area contributed by atoms with Crippen molar-refractivity contribution in [2.45, 2.75) is 32.7 Å². The second-order valence-corrected chi connectivity index (χ2v) is 8.46. The molecule has 1 saturated heterocycles. The summed E-state index contributed by atoms with van der Waals surface area (Å²) in [4.78, 5) is 2.36. The van der Waals surface area contributed by atoms with Crippen molar-refractivity contribution in [1.82, 2.24) is 14.3 Å². The van der Waals surface area contributed by atoms with E-state index in [9.17, 15) is 8.42 Å². The third-order valence-corrected chi connectivity index (χ3v) is 6.68. The third-order valence-electron chi connectivity index (χ3n) is 3.90. The SMILES string of the molecule is CCc1ccc(CNS(=O)(=O)N2CCC(CNC)CC2)s1. The van der Waals surface area contributed by atoms with Crippen molar-refractivity contribution in [1.29, 1.82) is 0 Å². The fraction of sp³-hybridized carbons (Fsp3) is 0.714. The van der Waals surface area contributed by atoms with Gasteiger partial charge in [0.05, 0.1) is 0 Å². The van der Waals surface area contributed by atoms with Gasteiger partial charge in [-0.15, -0.1) is 11.3 Å². The minimum atomic E-state index is -3.35. The summed E-state index contributed by atoms with van der Waals surface area (Å²) in [6.45, 7) is 4.70. The zero-order valence-corrected chi connectivity index (χ0v) is 14.4. The molecule has 2 rings (SSSR count). The Morgan fingerprint density at radius 1 is 1.29 bits per heavy atom. The molecule has 0 bridgehead atoms. The number of aryl methyl sites for hydroxylation is 1. The Labute approximate surface area is 131 Å². The fourth-order valence-electron chi connectivity index (χ4n) is 2.60. The zero-order chi connectivity index (χ0) is 15.3. The van der Waals surface area contributed by atoms with Crippen LogP contribution in [0.25, 0.3) is 0 Å². The predicted molar refractivity (Wildman–Crippen MR) is 87.7 cm³/mol. The topological polar surface area (TPSA) is 61.4 Å². The first kappa shape index (κ1) is 16.9. The summed E-state index contributed by atoms with van der Waals surface area (Å²) in [7, 11) is -1.41. The summed E-state index contributed by atoms with van der Waals surface area (Å²) in [5.41, 5.74) is 0. The molecule has 1 fully saturated rings. The Kier molecular flexibility index (Phi) is 6.19. The van der Waals surface area contributed by atoms with Crippen LogP contribution in [0.4, 0.5) is 0 Å². The molecule has 0 aliphatic carbocycles. The van der Waals surface area contributed by atoms with Gasteiger partial charge in [-0.3, -0.25) is 0 Å². The first-order valence-electron chi connectivity index (χ1n) is 7.52. The standard InChI is InChI=1S/C14H25N3O2S2/c1-3-13-4-5-14(20-13)11-16-21(18,19)17-8-6-12(7-9-17)10-15-2/h4-5,12,15-16H,3,6-11H2,1-2H3. The van der Waals surface area contributed by atoms with Crippen molar-refractivity contribution in [2.75, 3.05) is 26.7 Å². The largest absolute Gasteiger partial charge is 0.319 e. The molecule has 2 N–H and O–H groups in total. The van der Waals surface area contributed by atoms with E-state index < -0.39 is 10.2 Å². The predicted octanol–water partition coefficient (Wildman–Crippen LogP) is 1.58. The monoisotopic (exact) mass is 331 g/mol. The van der Waals surface area contributed by atoms with Gasteiger partial charge in [0, 0.05) is 29.4 Å². The molecule has 1 aromatic rings. The summed E-state index contributed by atoms with van der Waals surface area (Å²) >= 11 is 1.67. The van der Waals surface area contributed by atoms with E-state index in [1.54, 1.807) is 15.6 Å². The Morgan fingerprint density at radius 3 is 2.52 bits per heavy atom. The lowest BCUT2D eigenvalue weighted by molar-refractivity contribution is 0.268. The van der Waals surface area contributed by atoms with Crippen molar-refractivity contribution in [3.63, 3.8) is 0 Å². The van der Waals surface area contributed by atoms with Crippen LogP contribution in [0.5, 0.6) is 0 Å². The highest BCUT2D eigenvalue weighted by molar-refractivity contribution is 7.87. The summed E-state index contributed by atoms with van der Waals surface area (Å²) in [5.74, 6) is 0.589. The number of piperidine rings is 1. The van der Waals surface area contributed by atoms with E-state index in [-0.39, 0.29) is 0 Å². The average Bonchev–Trinajstić information content (AvgIpc) is 2.94. The minimum absolute atomic E-state index is 0.392. The van der Waals surface area contributed by atoms with Crippen LogP contribution < -0.4 is 10.0 Å². The van der Waals surface area contributed by atoms with Gasteiger partial charge < -0.3 is 5.32 Å². The molecular formula is C14H25N3O2S2. The normalized spacial score (nSPS) is 18.2. The van der Waals surface area contributed by atoms with Crippen LogP contribution in [-0.4, -0.2) is 39.4 Å². The lowest BCUT2D eigenvalue weighted by atomic mass is 9.98. The lowest BCUT2D eigenvalue weighted by Gasteiger charge is -2.31. The van der Waals surface area contributed by atoms with Gasteiger partial charge >= 0.3 is 0 Å². The molecule has 120 valence electrons. The summed E-state index contributed by atoms with van der Waals surface area (Å²) in [5, 5.41) is 3.16. The van der Waals surface area contributed by atoms with E-state index in [2.05, 4.69) is 23.0 Å². The van der Waals surface area contributed by atoms with E-state index in [0.717, 1.165) is 30.7 Å². The van der Waals surface area contributed by atoms with Crippen molar-refractivity contribution in [3.8, 4) is 0 Å². The number of thiophene rings is 1. The Hall–Kier alpha value is -0.470. The molecule has 0 atom stereocenters. The van der Waals surface area contributed by atoms with E-state index in [1.165, 1.54) is 4.88 Å². The van der Waals surface area contributed by atoms with Crippen molar-refractivity contribution in [2.24, 2.45) is 5.92 Å². The first-order valence-corrected chi connectivity index (χ1v) is 9.77. The average molecular weight is 332 g/mol. The van der Waals surface area contributed by atoms with Crippen LogP contribution in [0.2, 0.25) is 0 Å². The van der Waals surface area contributed by atoms with Crippen molar-refractivity contribution in [3.05, 3.63) is 21.9 Å². The van der Waals surface area contributed by atoms with Crippen LogP contribution in [-0.2, 0) is 23.2 Å². The van der Waals surface area contributed by atoms with Crippen LogP contribution in [0, 0.1) is 5.92 Å². The number of hydrogen-bond acceptors (Lipinski definition) is 4. The van der Waals surface area contributed by atoms with E-state index >= 15 is 0 Å². The molecular weight excluding hydrogens is 306 g/mol. The fourth-order valence-corrected chi connectivity index (χ4v) is 4.80. The molecule has 0 amide bonds. The molecule has 7 heteroatoms. The quantitative estimate of drug-likeness (QED) is 0.797. The van der Waals surface area contributed by atoms with Crippen LogP contribution in [0.15, 0.2) is 12.1 Å². The maximum atomic E-state index is 12.3. The van der Waals surface area contributed by atoms with Crippen LogP contribution in [0.3, 0.4) is 0 Å². The highest BCUT2D eigenvalue weighted by atomic mass is 32.2. The number of rotatable bonds is 7. The van der Waals surface area contributed by atoms with E-state index in [4.69, 9.17) is 0 Å². The molecule has 0 radical (unpaired) electrons. The van der Waals surface area contributed by atoms with Gasteiger partial charge in [-0.25, -0.2) is 0 Å². The Morgan fingerprint density at radius 2 is 1.95 bits per heavy atom. The molecule has 0 unspecified atom stereocenters. The van der Waals surface area contributed by atoms with Gasteiger partial charge in [0.25, 0.3) is 10.2 Å². The summed E-state index contributed by atoms with van der Waals surface area (Å²) in [6.07, 6.45) is 2.86. The summed E-state index contributed by atoms with van der Waals surface area (Å²) < 4.78 is 28.9. The molecule has 1 aromatic heterocycles. The molecule has 0 aromatic carbocycles. The lowest BCUT2D eigenvalue weighted by Crippen LogP contribution is -2.45. The molecule has 1 aliphatic rings. The van der Waals surface area contributed by atoms with E-state index in [0.29, 0.717) is 25.6 Å². The molecule has 0 saturated carbocycles. The highest BCUT2D eigenvalue weighted by Gasteiger charge is 2.27. The number of nitrogens with one attached hydrogen (secondary N) is 2. The smallest absolute Gasteiger partial charge is 0.279 e. The number of nitrogens with zero attached hydrogens (tertiary/aromatic N) is 1. The van der Waals surface area contributed by atoms with Crippen molar-refractivity contribution >= 4 is 21.5 Å². The number of hydrogen-bond donors (Lipinski definition) is 2. The van der Waals surface area contributed by atoms with Gasteiger partial charge in [0.2, 0.25) is 0 Å². The van der Waals surface area contributed by atoms with Gasteiger partial charge in [0.15, 0.2) is 0 Å². The molecule has 0 spiro atoms. The van der Waals surface area contributed by atoms with Crippen molar-refractivity contribution < 1.29 is 8.42 Å². The second-order valence-electron chi connectivity index (χ2n) is 5.45. The minimum Gasteiger partial charge on any atom is -0.319 e. The zero-order valence-electron chi connectivity index (χ0n) is 12.8. The first-order chi connectivity index (χ1) is 10.0. The highest BCUT2D eigenvalue weighted by Crippen LogP contribution is 2.20. The van der Waals surface area contributed by atoms with Gasteiger partial charge in [-0.05, 0) is 50.9 Å². The van der Waals surface area contributed by atoms with Crippen LogP contribution >= 0.6 is 11.3 Å². The van der Waals surface area contributed by atoms with Crippen LogP contribution in [0.1, 0.15) is 29.5 Å². The Balaban J connectivity index is 1.84. The molecule has 21 heavy (non-hydrogen) atoms. The molecule has 1 aliphatic heterocycles. The van der Waals surface area contributed by atoms with Gasteiger partial charge in [0.1, 0.15) is 0 Å². The van der Waals surface area contributed by atoms with Gasteiger partial charge in [-0.2, -0.15) is 17.4 Å². The Bertz CT molecular complexity index is 534. The van der Waals surface area contributed by atoms with E-state index in [1.807, 2.05) is 13.1 Å². The maximum absolute atomic E-state index is 12.3. The molecule has 2 heterocycles. The second kappa shape index (κ2) is 7.69.